The molecule has 2 amide bonds. The van der Waals surface area contributed by atoms with Gasteiger partial charge in [0.05, 0.1) is 10.6 Å². The molecule has 0 aromatic heterocycles. The molecule has 0 bridgehead atoms. The Morgan fingerprint density at radius 3 is 1.97 bits per heavy atom. The van der Waals surface area contributed by atoms with Crippen LogP contribution in [0.2, 0.25) is 0 Å². The summed E-state index contributed by atoms with van der Waals surface area (Å²) >= 11 is 1.34. The molecule has 0 fully saturated rings. The number of anilines is 2. The molecule has 3 rings (SSSR count). The second-order valence-electron chi connectivity index (χ2n) is 6.75. The molecule has 4 N–H and O–H groups in total. The van der Waals surface area contributed by atoms with Gasteiger partial charge >= 0.3 is 0 Å². The van der Waals surface area contributed by atoms with Gasteiger partial charge in [-0.15, -0.1) is 11.8 Å². The topological polar surface area (TPSA) is 118 Å². The minimum Gasteiger partial charge on any atom is -0.325 e. The minimum atomic E-state index is -3.77. The molecular weight excluding hydrogens is 434 g/mol. The number of benzene rings is 3. The highest BCUT2D eigenvalue weighted by Gasteiger charge is 2.09. The first kappa shape index (κ1) is 22.5. The normalized spacial score (nSPS) is 11.0. The van der Waals surface area contributed by atoms with Gasteiger partial charge in [0.1, 0.15) is 0 Å². The van der Waals surface area contributed by atoms with Crippen LogP contribution >= 0.6 is 11.8 Å². The van der Waals surface area contributed by atoms with Crippen LogP contribution in [0.4, 0.5) is 11.4 Å². The Morgan fingerprint density at radius 1 is 0.839 bits per heavy atom. The molecule has 0 saturated heterocycles. The standard InChI is InChI=1S/C22H21N3O4S2/c1-15-2-4-16(5-3-15)22(27)25-18-6-10-19(11-7-18)30-14-21(26)24-17-8-12-20(13-9-17)31(23,28)29/h2-13H,14H2,1H3,(H,24,26)(H,25,27)(H2,23,28,29). The Labute approximate surface area is 185 Å². The van der Waals surface area contributed by atoms with Gasteiger partial charge in [-0.1, -0.05) is 17.7 Å². The molecular formula is C22H21N3O4S2. The van der Waals surface area contributed by atoms with Gasteiger partial charge in [0.15, 0.2) is 0 Å². The van der Waals surface area contributed by atoms with Crippen LogP contribution in [0.3, 0.4) is 0 Å². The Hall–Kier alpha value is -3.14. The molecule has 160 valence electrons. The minimum absolute atomic E-state index is 0.0190. The van der Waals surface area contributed by atoms with E-state index >= 15 is 0 Å². The number of carbonyl (C=O) groups is 2. The summed E-state index contributed by atoms with van der Waals surface area (Å²) in [6.07, 6.45) is 0. The second kappa shape index (κ2) is 9.78. The maximum atomic E-state index is 12.3. The monoisotopic (exact) mass is 455 g/mol. The molecule has 0 radical (unpaired) electrons. The number of sulfonamides is 1. The second-order valence-corrected chi connectivity index (χ2v) is 9.36. The number of carbonyl (C=O) groups excluding carboxylic acids is 2. The van der Waals surface area contributed by atoms with Crippen LogP contribution in [0.5, 0.6) is 0 Å². The number of amides is 2. The summed E-state index contributed by atoms with van der Waals surface area (Å²) in [6.45, 7) is 1.96. The van der Waals surface area contributed by atoms with E-state index in [9.17, 15) is 18.0 Å². The van der Waals surface area contributed by atoms with Gasteiger partial charge in [-0.05, 0) is 67.6 Å². The van der Waals surface area contributed by atoms with Crippen molar-refractivity contribution in [1.29, 1.82) is 0 Å². The number of nitrogens with one attached hydrogen (secondary N) is 2. The molecule has 0 spiro atoms. The van der Waals surface area contributed by atoms with E-state index in [1.54, 1.807) is 24.3 Å². The van der Waals surface area contributed by atoms with E-state index in [1.807, 2.05) is 31.2 Å². The van der Waals surface area contributed by atoms with Crippen LogP contribution in [-0.4, -0.2) is 26.0 Å². The number of primary sulfonamides is 1. The average Bonchev–Trinajstić information content (AvgIpc) is 2.73. The van der Waals surface area contributed by atoms with E-state index in [4.69, 9.17) is 5.14 Å². The van der Waals surface area contributed by atoms with Crippen molar-refractivity contribution in [1.82, 2.24) is 0 Å². The first-order valence-corrected chi connectivity index (χ1v) is 11.8. The molecule has 0 aliphatic heterocycles. The highest BCUT2D eigenvalue weighted by Crippen LogP contribution is 2.21. The lowest BCUT2D eigenvalue weighted by Crippen LogP contribution is -2.15. The number of hydrogen-bond donors (Lipinski definition) is 3. The Morgan fingerprint density at radius 2 is 1.39 bits per heavy atom. The fraction of sp³-hybridized carbons (Fsp3) is 0.0909. The van der Waals surface area contributed by atoms with Gasteiger partial charge in [0.2, 0.25) is 15.9 Å². The van der Waals surface area contributed by atoms with Gasteiger partial charge in [-0.2, -0.15) is 0 Å². The van der Waals surface area contributed by atoms with E-state index < -0.39 is 10.0 Å². The van der Waals surface area contributed by atoms with Crippen LogP contribution in [0.15, 0.2) is 82.6 Å². The van der Waals surface area contributed by atoms with Crippen LogP contribution in [0.25, 0.3) is 0 Å². The van der Waals surface area contributed by atoms with Crippen molar-refractivity contribution in [2.45, 2.75) is 16.7 Å². The lowest BCUT2D eigenvalue weighted by Gasteiger charge is -2.08. The SMILES string of the molecule is Cc1ccc(C(=O)Nc2ccc(SCC(=O)Nc3ccc(S(N)(=O)=O)cc3)cc2)cc1. The first-order chi connectivity index (χ1) is 14.7. The molecule has 0 heterocycles. The highest BCUT2D eigenvalue weighted by atomic mass is 32.2. The Bertz CT molecular complexity index is 1170. The summed E-state index contributed by atoms with van der Waals surface area (Å²) in [6, 6.07) is 20.1. The summed E-state index contributed by atoms with van der Waals surface area (Å²) in [5.41, 5.74) is 2.81. The van der Waals surface area contributed by atoms with Crippen molar-refractivity contribution in [3.8, 4) is 0 Å². The zero-order valence-corrected chi connectivity index (χ0v) is 18.3. The maximum Gasteiger partial charge on any atom is 0.255 e. The number of nitrogens with two attached hydrogens (primary N) is 1. The van der Waals surface area contributed by atoms with Crippen molar-refractivity contribution in [3.05, 3.63) is 83.9 Å². The smallest absolute Gasteiger partial charge is 0.255 e. The first-order valence-electron chi connectivity index (χ1n) is 9.24. The van der Waals surface area contributed by atoms with Crippen LogP contribution in [0.1, 0.15) is 15.9 Å². The zero-order valence-electron chi connectivity index (χ0n) is 16.7. The van der Waals surface area contributed by atoms with E-state index in [1.165, 1.54) is 36.0 Å². The lowest BCUT2D eigenvalue weighted by atomic mass is 10.1. The van der Waals surface area contributed by atoms with E-state index in [0.29, 0.717) is 16.9 Å². The highest BCUT2D eigenvalue weighted by molar-refractivity contribution is 8.00. The summed E-state index contributed by atoms with van der Waals surface area (Å²) < 4.78 is 22.5. The average molecular weight is 456 g/mol. The molecule has 0 atom stereocenters. The number of rotatable bonds is 7. The fourth-order valence-corrected chi connectivity index (χ4v) is 3.83. The molecule has 0 unspecified atom stereocenters. The summed E-state index contributed by atoms with van der Waals surface area (Å²) in [4.78, 5) is 25.2. The predicted octanol–water partition coefficient (Wildman–Crippen LogP) is 3.63. The number of thioether (sulfide) groups is 1. The number of hydrogen-bond acceptors (Lipinski definition) is 5. The third-order valence-corrected chi connectivity index (χ3v) is 6.20. The molecule has 0 aliphatic rings. The fourth-order valence-electron chi connectivity index (χ4n) is 2.62. The number of aryl methyl sites for hydroxylation is 1. The largest absolute Gasteiger partial charge is 0.325 e. The quantitative estimate of drug-likeness (QED) is 0.470. The van der Waals surface area contributed by atoms with Crippen LogP contribution in [0, 0.1) is 6.92 Å². The third kappa shape index (κ3) is 6.68. The summed E-state index contributed by atoms with van der Waals surface area (Å²) in [5, 5.41) is 10.6. The zero-order chi connectivity index (χ0) is 22.4. The van der Waals surface area contributed by atoms with Gasteiger partial charge < -0.3 is 10.6 Å². The lowest BCUT2D eigenvalue weighted by molar-refractivity contribution is -0.113. The van der Waals surface area contributed by atoms with Gasteiger partial charge in [-0.3, -0.25) is 9.59 Å². The van der Waals surface area contributed by atoms with Crippen molar-refractivity contribution in [2.24, 2.45) is 5.14 Å². The van der Waals surface area contributed by atoms with Gasteiger partial charge in [-0.25, -0.2) is 13.6 Å². The molecule has 9 heteroatoms. The predicted molar refractivity (Wildman–Crippen MR) is 123 cm³/mol. The van der Waals surface area contributed by atoms with E-state index in [2.05, 4.69) is 10.6 Å². The van der Waals surface area contributed by atoms with E-state index in [-0.39, 0.29) is 22.5 Å². The van der Waals surface area contributed by atoms with E-state index in [0.717, 1.165) is 10.5 Å². The van der Waals surface area contributed by atoms with Gasteiger partial charge in [0.25, 0.3) is 5.91 Å². The summed E-state index contributed by atoms with van der Waals surface area (Å²) in [7, 11) is -3.77. The van der Waals surface area contributed by atoms with Crippen molar-refractivity contribution < 1.29 is 18.0 Å². The van der Waals surface area contributed by atoms with Gasteiger partial charge in [0, 0.05) is 21.8 Å². The molecule has 31 heavy (non-hydrogen) atoms. The molecule has 3 aromatic carbocycles. The Kier molecular flexibility index (Phi) is 7.11. The Balaban J connectivity index is 1.50. The molecule has 3 aromatic rings. The van der Waals surface area contributed by atoms with Crippen LogP contribution < -0.4 is 15.8 Å². The third-order valence-electron chi connectivity index (χ3n) is 4.26. The van der Waals surface area contributed by atoms with Crippen LogP contribution in [-0.2, 0) is 14.8 Å². The van der Waals surface area contributed by atoms with Crippen molar-refractivity contribution in [2.75, 3.05) is 16.4 Å². The summed E-state index contributed by atoms with van der Waals surface area (Å²) in [5.74, 6) is -0.246. The maximum absolute atomic E-state index is 12.3. The molecule has 7 nitrogen and oxygen atoms in total. The molecule has 0 aliphatic carbocycles. The molecule has 0 saturated carbocycles. The van der Waals surface area contributed by atoms with Crippen molar-refractivity contribution in [3.63, 3.8) is 0 Å². The van der Waals surface area contributed by atoms with Crippen molar-refractivity contribution >= 4 is 45.0 Å².